The second kappa shape index (κ2) is 7.75. The van der Waals surface area contributed by atoms with Gasteiger partial charge in [0.05, 0.1) is 6.21 Å². The number of carbonyl (C=O) groups is 1. The van der Waals surface area contributed by atoms with Crippen LogP contribution in [0, 0.1) is 13.8 Å². The summed E-state index contributed by atoms with van der Waals surface area (Å²) < 4.78 is 6.35. The maximum atomic E-state index is 11.7. The maximum Gasteiger partial charge on any atom is 0.277 e. The van der Waals surface area contributed by atoms with Gasteiger partial charge in [0, 0.05) is 10.0 Å². The largest absolute Gasteiger partial charge is 0.484 e. The summed E-state index contributed by atoms with van der Waals surface area (Å²) in [5, 5.41) is 3.91. The average Bonchev–Trinajstić information content (AvgIpc) is 2.50. The molecule has 0 unspecified atom stereocenters. The van der Waals surface area contributed by atoms with Gasteiger partial charge in [-0.3, -0.25) is 4.79 Å². The van der Waals surface area contributed by atoms with Crippen LogP contribution >= 0.6 is 15.9 Å². The number of ether oxygens (including phenoxy) is 1. The molecule has 0 heterocycles. The zero-order chi connectivity index (χ0) is 15.9. The van der Waals surface area contributed by atoms with Gasteiger partial charge in [-0.05, 0) is 43.2 Å². The van der Waals surface area contributed by atoms with Crippen molar-refractivity contribution in [2.75, 3.05) is 6.61 Å². The van der Waals surface area contributed by atoms with Gasteiger partial charge >= 0.3 is 0 Å². The Bertz CT molecular complexity index is 699. The summed E-state index contributed by atoms with van der Waals surface area (Å²) in [4.78, 5) is 11.7. The van der Waals surface area contributed by atoms with Gasteiger partial charge in [0.15, 0.2) is 6.61 Å². The molecule has 0 aromatic heterocycles. The van der Waals surface area contributed by atoms with Crippen molar-refractivity contribution in [3.63, 3.8) is 0 Å². The lowest BCUT2D eigenvalue weighted by Gasteiger charge is -2.07. The van der Waals surface area contributed by atoms with Gasteiger partial charge in [-0.2, -0.15) is 5.10 Å². The van der Waals surface area contributed by atoms with E-state index < -0.39 is 0 Å². The predicted octanol–water partition coefficient (Wildman–Crippen LogP) is 3.60. The first kappa shape index (κ1) is 16.2. The molecule has 2 aromatic carbocycles. The van der Waals surface area contributed by atoms with E-state index in [1.54, 1.807) is 6.21 Å². The second-order valence-electron chi connectivity index (χ2n) is 4.85. The van der Waals surface area contributed by atoms with E-state index in [0.717, 1.165) is 15.6 Å². The van der Waals surface area contributed by atoms with Gasteiger partial charge in [0.2, 0.25) is 0 Å². The number of benzene rings is 2. The topological polar surface area (TPSA) is 50.7 Å². The van der Waals surface area contributed by atoms with Gasteiger partial charge in [0.25, 0.3) is 5.91 Å². The molecule has 0 aliphatic carbocycles. The molecular weight excluding hydrogens is 344 g/mol. The smallest absolute Gasteiger partial charge is 0.277 e. The highest BCUT2D eigenvalue weighted by Crippen LogP contribution is 2.16. The minimum Gasteiger partial charge on any atom is -0.484 e. The van der Waals surface area contributed by atoms with E-state index in [9.17, 15) is 4.79 Å². The molecule has 114 valence electrons. The molecule has 1 N–H and O–H groups in total. The molecule has 4 nitrogen and oxygen atoms in total. The molecule has 0 aliphatic heterocycles. The first-order chi connectivity index (χ1) is 10.6. The lowest BCUT2D eigenvalue weighted by Crippen LogP contribution is -2.24. The molecule has 0 saturated carbocycles. The van der Waals surface area contributed by atoms with Crippen molar-refractivity contribution in [2.45, 2.75) is 13.8 Å². The van der Waals surface area contributed by atoms with E-state index >= 15 is 0 Å². The van der Waals surface area contributed by atoms with Crippen LogP contribution in [0.3, 0.4) is 0 Å². The second-order valence-corrected chi connectivity index (χ2v) is 5.70. The molecule has 5 heteroatoms. The molecule has 0 spiro atoms. The number of carbonyl (C=O) groups excluding carboxylic acids is 1. The lowest BCUT2D eigenvalue weighted by molar-refractivity contribution is -0.123. The van der Waals surface area contributed by atoms with E-state index in [2.05, 4.69) is 26.5 Å². The molecular formula is C17H17BrN2O2. The highest BCUT2D eigenvalue weighted by atomic mass is 79.9. The molecule has 0 fully saturated rings. The number of rotatable bonds is 5. The number of nitrogens with one attached hydrogen (secondary N) is 1. The average molecular weight is 361 g/mol. The summed E-state index contributed by atoms with van der Waals surface area (Å²) in [6, 6.07) is 13.3. The van der Waals surface area contributed by atoms with Crippen LogP contribution in [0.15, 0.2) is 52.0 Å². The Morgan fingerprint density at radius 1 is 1.23 bits per heavy atom. The number of nitrogens with zero attached hydrogens (tertiary/aromatic N) is 1. The van der Waals surface area contributed by atoms with Crippen LogP contribution < -0.4 is 10.2 Å². The number of hydrogen-bond donors (Lipinski definition) is 1. The van der Waals surface area contributed by atoms with Gasteiger partial charge in [-0.15, -0.1) is 0 Å². The summed E-state index contributed by atoms with van der Waals surface area (Å²) in [6.45, 7) is 3.96. The van der Waals surface area contributed by atoms with Crippen LogP contribution in [0.2, 0.25) is 0 Å². The molecule has 0 radical (unpaired) electrons. The molecule has 22 heavy (non-hydrogen) atoms. The minimum absolute atomic E-state index is 0.0736. The van der Waals surface area contributed by atoms with Gasteiger partial charge in [-0.25, -0.2) is 5.43 Å². The fourth-order valence-corrected chi connectivity index (χ4v) is 2.13. The SMILES string of the molecule is Cc1ccc(OCC(=O)N/N=C\c2ccccc2Br)cc1C. The van der Waals surface area contributed by atoms with Crippen molar-refractivity contribution < 1.29 is 9.53 Å². The van der Waals surface area contributed by atoms with Crippen LogP contribution in [0.1, 0.15) is 16.7 Å². The lowest BCUT2D eigenvalue weighted by atomic mass is 10.1. The first-order valence-electron chi connectivity index (χ1n) is 6.83. The number of aryl methyl sites for hydroxylation is 2. The van der Waals surface area contributed by atoms with Gasteiger partial charge in [0.1, 0.15) is 5.75 Å². The zero-order valence-corrected chi connectivity index (χ0v) is 14.1. The summed E-state index contributed by atoms with van der Waals surface area (Å²) in [5.74, 6) is 0.370. The Morgan fingerprint density at radius 2 is 2.00 bits per heavy atom. The van der Waals surface area contributed by atoms with Gasteiger partial charge in [-0.1, -0.05) is 40.2 Å². The van der Waals surface area contributed by atoms with Crippen LogP contribution in [0.4, 0.5) is 0 Å². The first-order valence-corrected chi connectivity index (χ1v) is 7.62. The van der Waals surface area contributed by atoms with Crippen LogP contribution in [0.25, 0.3) is 0 Å². The highest BCUT2D eigenvalue weighted by Gasteiger charge is 2.02. The van der Waals surface area contributed by atoms with E-state index in [-0.39, 0.29) is 12.5 Å². The van der Waals surface area contributed by atoms with E-state index in [0.29, 0.717) is 5.75 Å². The van der Waals surface area contributed by atoms with Crippen molar-refractivity contribution in [3.8, 4) is 5.75 Å². The molecule has 0 saturated heterocycles. The molecule has 0 atom stereocenters. The van der Waals surface area contributed by atoms with Crippen molar-refractivity contribution in [2.24, 2.45) is 5.10 Å². The maximum absolute atomic E-state index is 11.7. The molecule has 0 aliphatic rings. The number of hydrogen-bond acceptors (Lipinski definition) is 3. The molecule has 2 aromatic rings. The molecule has 1 amide bonds. The Balaban J connectivity index is 1.83. The van der Waals surface area contributed by atoms with Crippen molar-refractivity contribution in [3.05, 3.63) is 63.6 Å². The zero-order valence-electron chi connectivity index (χ0n) is 12.5. The van der Waals surface area contributed by atoms with Gasteiger partial charge < -0.3 is 4.74 Å². The standard InChI is InChI=1S/C17H17BrN2O2/c1-12-7-8-15(9-13(12)2)22-11-17(21)20-19-10-14-5-3-4-6-16(14)18/h3-10H,11H2,1-2H3,(H,20,21)/b19-10-. The quantitative estimate of drug-likeness (QED) is 0.654. The Labute approximate surface area is 138 Å². The Morgan fingerprint density at radius 3 is 2.73 bits per heavy atom. The van der Waals surface area contributed by atoms with E-state index in [4.69, 9.17) is 4.74 Å². The number of halogens is 1. The van der Waals surface area contributed by atoms with E-state index in [1.165, 1.54) is 5.56 Å². The van der Waals surface area contributed by atoms with Crippen LogP contribution in [-0.4, -0.2) is 18.7 Å². The summed E-state index contributed by atoms with van der Waals surface area (Å²) in [7, 11) is 0. The molecule has 0 bridgehead atoms. The normalized spacial score (nSPS) is 10.7. The fraction of sp³-hybridized carbons (Fsp3) is 0.176. The third-order valence-electron chi connectivity index (χ3n) is 3.15. The third-order valence-corrected chi connectivity index (χ3v) is 3.87. The van der Waals surface area contributed by atoms with E-state index in [1.807, 2.05) is 56.3 Å². The monoisotopic (exact) mass is 360 g/mol. The Hall–Kier alpha value is -2.14. The highest BCUT2D eigenvalue weighted by molar-refractivity contribution is 9.10. The Kier molecular flexibility index (Phi) is 5.72. The summed E-state index contributed by atoms with van der Waals surface area (Å²) in [6.07, 6.45) is 1.58. The van der Waals surface area contributed by atoms with Crippen LogP contribution in [-0.2, 0) is 4.79 Å². The molecule has 2 rings (SSSR count). The summed E-state index contributed by atoms with van der Waals surface area (Å²) >= 11 is 3.41. The van der Waals surface area contributed by atoms with Crippen molar-refractivity contribution in [1.29, 1.82) is 0 Å². The van der Waals surface area contributed by atoms with Crippen LogP contribution in [0.5, 0.6) is 5.75 Å². The minimum atomic E-state index is -0.304. The predicted molar refractivity (Wildman–Crippen MR) is 91.3 cm³/mol. The number of amides is 1. The number of hydrazone groups is 1. The summed E-state index contributed by atoms with van der Waals surface area (Å²) in [5.41, 5.74) is 5.65. The van der Waals surface area contributed by atoms with Crippen molar-refractivity contribution in [1.82, 2.24) is 5.43 Å². The van der Waals surface area contributed by atoms with Crippen molar-refractivity contribution >= 4 is 28.1 Å². The fourth-order valence-electron chi connectivity index (χ4n) is 1.74. The third kappa shape index (κ3) is 4.70.